The molecule has 0 amide bonds. The molecule has 0 radical (unpaired) electrons. The Hall–Kier alpha value is -1.02. The van der Waals surface area contributed by atoms with Crippen LogP contribution in [0.25, 0.3) is 0 Å². The van der Waals surface area contributed by atoms with Gasteiger partial charge in [0.05, 0.1) is 6.61 Å². The van der Waals surface area contributed by atoms with Crippen molar-refractivity contribution in [2.45, 2.75) is 45.1 Å². The highest BCUT2D eigenvalue weighted by Gasteiger charge is 2.42. The summed E-state index contributed by atoms with van der Waals surface area (Å²) in [6.07, 6.45) is 4.84. The van der Waals surface area contributed by atoms with Crippen LogP contribution in [-0.2, 0) is 5.54 Å². The van der Waals surface area contributed by atoms with E-state index in [0.29, 0.717) is 0 Å². The number of ether oxygens (including phenoxy) is 1. The molecule has 0 heterocycles. The molecule has 17 heavy (non-hydrogen) atoms. The second kappa shape index (κ2) is 3.74. The van der Waals surface area contributed by atoms with Crippen molar-refractivity contribution in [3.8, 4) is 5.75 Å². The van der Waals surface area contributed by atoms with Crippen LogP contribution in [0, 0.1) is 19.8 Å². The van der Waals surface area contributed by atoms with E-state index in [4.69, 9.17) is 10.5 Å². The third-order valence-electron chi connectivity index (χ3n) is 3.90. The van der Waals surface area contributed by atoms with E-state index < -0.39 is 0 Å². The molecule has 0 aliphatic heterocycles. The van der Waals surface area contributed by atoms with Crippen LogP contribution in [0.3, 0.4) is 0 Å². The molecule has 2 fully saturated rings. The number of benzene rings is 1. The first kappa shape index (κ1) is 11.1. The van der Waals surface area contributed by atoms with Gasteiger partial charge in [0.1, 0.15) is 5.75 Å². The van der Waals surface area contributed by atoms with Crippen LogP contribution in [0.2, 0.25) is 0 Å². The maximum atomic E-state index is 6.35. The van der Waals surface area contributed by atoms with Gasteiger partial charge >= 0.3 is 0 Å². The predicted molar refractivity (Wildman–Crippen MR) is 69.2 cm³/mol. The first-order valence-electron chi connectivity index (χ1n) is 6.62. The topological polar surface area (TPSA) is 35.2 Å². The second-order valence-corrected chi connectivity index (χ2v) is 5.87. The molecular weight excluding hydrogens is 210 g/mol. The summed E-state index contributed by atoms with van der Waals surface area (Å²) in [6, 6.07) is 4.40. The van der Waals surface area contributed by atoms with Gasteiger partial charge in [-0.3, -0.25) is 0 Å². The molecule has 0 unspecified atom stereocenters. The van der Waals surface area contributed by atoms with Crippen LogP contribution < -0.4 is 10.5 Å². The minimum atomic E-state index is -0.102. The average molecular weight is 231 g/mol. The van der Waals surface area contributed by atoms with E-state index in [1.165, 1.54) is 29.5 Å². The zero-order valence-electron chi connectivity index (χ0n) is 10.8. The molecular formula is C15H21NO. The fourth-order valence-corrected chi connectivity index (χ4v) is 2.41. The summed E-state index contributed by atoms with van der Waals surface area (Å²) >= 11 is 0. The third-order valence-corrected chi connectivity index (χ3v) is 3.90. The lowest BCUT2D eigenvalue weighted by atomic mass is 9.98. The average Bonchev–Trinajstić information content (AvgIpc) is 3.13. The highest BCUT2D eigenvalue weighted by molar-refractivity contribution is 5.49. The lowest BCUT2D eigenvalue weighted by Gasteiger charge is -2.19. The second-order valence-electron chi connectivity index (χ2n) is 5.87. The highest BCUT2D eigenvalue weighted by atomic mass is 16.5. The molecule has 2 heteroatoms. The highest BCUT2D eigenvalue weighted by Crippen LogP contribution is 2.48. The zero-order chi connectivity index (χ0) is 12.0. The normalized spacial score (nSPS) is 21.4. The van der Waals surface area contributed by atoms with Crippen molar-refractivity contribution in [3.63, 3.8) is 0 Å². The standard InChI is InChI=1S/C15H21NO/c1-10-7-11(2)14(17-9-12-3-4-12)13(8-10)15(16)5-6-15/h7-8,12H,3-6,9,16H2,1-2H3. The largest absolute Gasteiger partial charge is 0.493 e. The quantitative estimate of drug-likeness (QED) is 0.864. The Labute approximate surface area is 103 Å². The summed E-state index contributed by atoms with van der Waals surface area (Å²) in [7, 11) is 0. The molecule has 1 aromatic rings. The van der Waals surface area contributed by atoms with Crippen LogP contribution in [0.5, 0.6) is 5.75 Å². The fraction of sp³-hybridized carbons (Fsp3) is 0.600. The molecule has 3 rings (SSSR count). The van der Waals surface area contributed by atoms with Gasteiger partial charge in [0.2, 0.25) is 0 Å². The molecule has 2 N–H and O–H groups in total. The van der Waals surface area contributed by atoms with Gasteiger partial charge in [-0.25, -0.2) is 0 Å². The number of aryl methyl sites for hydroxylation is 2. The van der Waals surface area contributed by atoms with E-state index in [2.05, 4.69) is 26.0 Å². The van der Waals surface area contributed by atoms with Gasteiger partial charge in [-0.2, -0.15) is 0 Å². The zero-order valence-corrected chi connectivity index (χ0v) is 10.8. The van der Waals surface area contributed by atoms with Crippen LogP contribution in [-0.4, -0.2) is 6.61 Å². The van der Waals surface area contributed by atoms with E-state index in [9.17, 15) is 0 Å². The Kier molecular flexibility index (Phi) is 2.44. The smallest absolute Gasteiger partial charge is 0.127 e. The molecule has 0 spiro atoms. The maximum Gasteiger partial charge on any atom is 0.127 e. The molecule has 1 aromatic carbocycles. The minimum Gasteiger partial charge on any atom is -0.493 e. The first-order valence-corrected chi connectivity index (χ1v) is 6.62. The third kappa shape index (κ3) is 2.19. The van der Waals surface area contributed by atoms with E-state index >= 15 is 0 Å². The lowest BCUT2D eigenvalue weighted by molar-refractivity contribution is 0.292. The molecule has 0 saturated heterocycles. The van der Waals surface area contributed by atoms with Gasteiger partial charge in [-0.1, -0.05) is 17.7 Å². The summed E-state index contributed by atoms with van der Waals surface area (Å²) in [4.78, 5) is 0. The minimum absolute atomic E-state index is 0.102. The Balaban J connectivity index is 1.92. The van der Waals surface area contributed by atoms with Crippen molar-refractivity contribution >= 4 is 0 Å². The number of hydrogen-bond donors (Lipinski definition) is 1. The SMILES string of the molecule is Cc1cc(C)c(OCC2CC2)c(C2(N)CC2)c1. The molecule has 0 atom stereocenters. The fourth-order valence-electron chi connectivity index (χ4n) is 2.41. The molecule has 2 aliphatic rings. The van der Waals surface area contributed by atoms with Crippen molar-refractivity contribution in [2.75, 3.05) is 6.61 Å². The predicted octanol–water partition coefficient (Wildman–Crippen LogP) is 3.04. The number of rotatable bonds is 4. The summed E-state index contributed by atoms with van der Waals surface area (Å²) in [5.41, 5.74) is 10.00. The molecule has 0 bridgehead atoms. The summed E-state index contributed by atoms with van der Waals surface area (Å²) < 4.78 is 6.03. The molecule has 2 nitrogen and oxygen atoms in total. The monoisotopic (exact) mass is 231 g/mol. The van der Waals surface area contributed by atoms with Gasteiger partial charge in [0, 0.05) is 11.1 Å². The van der Waals surface area contributed by atoms with E-state index in [-0.39, 0.29) is 5.54 Å². The Morgan fingerprint density at radius 2 is 2.00 bits per heavy atom. The van der Waals surface area contributed by atoms with Gasteiger partial charge in [-0.15, -0.1) is 0 Å². The van der Waals surface area contributed by atoms with Gasteiger partial charge in [0.15, 0.2) is 0 Å². The van der Waals surface area contributed by atoms with Gasteiger partial charge in [0.25, 0.3) is 0 Å². The van der Waals surface area contributed by atoms with Crippen LogP contribution >= 0.6 is 0 Å². The Morgan fingerprint density at radius 1 is 1.29 bits per heavy atom. The summed E-state index contributed by atoms with van der Waals surface area (Å²) in [6.45, 7) is 5.13. The van der Waals surface area contributed by atoms with Crippen molar-refractivity contribution in [1.82, 2.24) is 0 Å². The van der Waals surface area contributed by atoms with Crippen molar-refractivity contribution in [2.24, 2.45) is 11.7 Å². The van der Waals surface area contributed by atoms with E-state index in [1.54, 1.807) is 0 Å². The van der Waals surface area contributed by atoms with Crippen molar-refractivity contribution in [1.29, 1.82) is 0 Å². The number of hydrogen-bond acceptors (Lipinski definition) is 2. The first-order chi connectivity index (χ1) is 8.08. The van der Waals surface area contributed by atoms with E-state index in [1.807, 2.05) is 0 Å². The van der Waals surface area contributed by atoms with Gasteiger partial charge < -0.3 is 10.5 Å². The molecule has 92 valence electrons. The lowest BCUT2D eigenvalue weighted by Crippen LogP contribution is -2.21. The Morgan fingerprint density at radius 3 is 2.59 bits per heavy atom. The van der Waals surface area contributed by atoms with E-state index in [0.717, 1.165) is 31.1 Å². The summed E-state index contributed by atoms with van der Waals surface area (Å²) in [5, 5.41) is 0. The molecule has 2 saturated carbocycles. The molecule has 0 aromatic heterocycles. The van der Waals surface area contributed by atoms with Crippen LogP contribution in [0.15, 0.2) is 12.1 Å². The van der Waals surface area contributed by atoms with Crippen LogP contribution in [0.4, 0.5) is 0 Å². The maximum absolute atomic E-state index is 6.35. The number of nitrogens with two attached hydrogens (primary N) is 1. The van der Waals surface area contributed by atoms with Crippen molar-refractivity contribution in [3.05, 3.63) is 28.8 Å². The van der Waals surface area contributed by atoms with Gasteiger partial charge in [-0.05, 0) is 51.0 Å². The molecule has 2 aliphatic carbocycles. The van der Waals surface area contributed by atoms with Crippen molar-refractivity contribution < 1.29 is 4.74 Å². The summed E-state index contributed by atoms with van der Waals surface area (Å²) in [5.74, 6) is 1.85. The Bertz CT molecular complexity index is 444. The van der Waals surface area contributed by atoms with Crippen LogP contribution in [0.1, 0.15) is 42.4 Å².